The molecule has 1 N–H and O–H groups in total. The van der Waals surface area contributed by atoms with E-state index in [1.807, 2.05) is 30.3 Å². The van der Waals surface area contributed by atoms with Crippen LogP contribution in [0, 0.1) is 24.6 Å². The second kappa shape index (κ2) is 7.84. The van der Waals surface area contributed by atoms with Crippen LogP contribution in [0.15, 0.2) is 48.5 Å². The lowest BCUT2D eigenvalue weighted by Crippen LogP contribution is -2.24. The number of ether oxygens (including phenoxy) is 1. The molecule has 2 rings (SSSR count). The number of carbonyl (C=O) groups is 1. The Morgan fingerprint density at radius 2 is 1.95 bits per heavy atom. The van der Waals surface area contributed by atoms with Gasteiger partial charge in [-0.15, -0.1) is 0 Å². The van der Waals surface area contributed by atoms with Crippen LogP contribution >= 0.6 is 0 Å². The molecule has 2 aromatic carbocycles. The fourth-order valence-electron chi connectivity index (χ4n) is 1.77. The molecule has 0 bridgehead atoms. The summed E-state index contributed by atoms with van der Waals surface area (Å²) in [6, 6.07) is 14.4. The summed E-state index contributed by atoms with van der Waals surface area (Å²) in [7, 11) is 0. The predicted octanol–water partition coefficient (Wildman–Crippen LogP) is 3.41. The first-order chi connectivity index (χ1) is 10.7. The van der Waals surface area contributed by atoms with E-state index in [0.29, 0.717) is 11.1 Å². The van der Waals surface area contributed by atoms with Gasteiger partial charge >= 0.3 is 6.09 Å². The van der Waals surface area contributed by atoms with Gasteiger partial charge in [-0.2, -0.15) is 0 Å². The maximum atomic E-state index is 13.7. The van der Waals surface area contributed by atoms with Gasteiger partial charge in [-0.25, -0.2) is 9.18 Å². The minimum absolute atomic E-state index is 0.0982. The Kier molecular flexibility index (Phi) is 5.56. The third-order valence-electron chi connectivity index (χ3n) is 2.95. The molecule has 0 radical (unpaired) electrons. The molecule has 112 valence electrons. The minimum Gasteiger partial charge on any atom is -0.445 e. The Hall–Kier alpha value is -2.80. The van der Waals surface area contributed by atoms with Crippen LogP contribution in [-0.2, 0) is 11.3 Å². The van der Waals surface area contributed by atoms with Gasteiger partial charge in [0.25, 0.3) is 0 Å². The zero-order valence-corrected chi connectivity index (χ0v) is 12.2. The van der Waals surface area contributed by atoms with Crippen LogP contribution in [0.5, 0.6) is 0 Å². The molecule has 4 heteroatoms. The molecule has 0 atom stereocenters. The van der Waals surface area contributed by atoms with Crippen LogP contribution in [0.1, 0.15) is 16.7 Å². The molecular formula is C18H16FNO2. The van der Waals surface area contributed by atoms with Gasteiger partial charge in [-0.3, -0.25) is 0 Å². The molecule has 2 aromatic rings. The molecule has 0 aliphatic carbocycles. The number of amides is 1. The largest absolute Gasteiger partial charge is 0.445 e. The minimum atomic E-state index is -0.553. The first-order valence-corrected chi connectivity index (χ1v) is 6.85. The Morgan fingerprint density at radius 3 is 2.73 bits per heavy atom. The van der Waals surface area contributed by atoms with Crippen LogP contribution in [0.4, 0.5) is 9.18 Å². The molecule has 22 heavy (non-hydrogen) atoms. The number of benzene rings is 2. The summed E-state index contributed by atoms with van der Waals surface area (Å²) >= 11 is 0. The van der Waals surface area contributed by atoms with E-state index < -0.39 is 6.09 Å². The van der Waals surface area contributed by atoms with E-state index in [1.54, 1.807) is 25.1 Å². The molecule has 0 aliphatic heterocycles. The Morgan fingerprint density at radius 1 is 1.18 bits per heavy atom. The SMILES string of the molecule is Cc1cccc(C#CCNC(=O)OCc2ccccc2)c1F. The van der Waals surface area contributed by atoms with Crippen LogP contribution in [-0.4, -0.2) is 12.6 Å². The van der Waals surface area contributed by atoms with Gasteiger partial charge in [0.2, 0.25) is 0 Å². The molecule has 0 aliphatic rings. The van der Waals surface area contributed by atoms with Gasteiger partial charge in [0.15, 0.2) is 0 Å². The van der Waals surface area contributed by atoms with Gasteiger partial charge in [-0.05, 0) is 24.1 Å². The number of carbonyl (C=O) groups excluding carboxylic acids is 1. The maximum Gasteiger partial charge on any atom is 0.408 e. The third kappa shape index (κ3) is 4.64. The number of hydrogen-bond acceptors (Lipinski definition) is 2. The third-order valence-corrected chi connectivity index (χ3v) is 2.95. The van der Waals surface area contributed by atoms with E-state index in [2.05, 4.69) is 17.2 Å². The molecule has 0 saturated heterocycles. The molecule has 0 saturated carbocycles. The van der Waals surface area contributed by atoms with Crippen molar-refractivity contribution in [3.63, 3.8) is 0 Å². The number of nitrogens with one attached hydrogen (secondary N) is 1. The summed E-state index contributed by atoms with van der Waals surface area (Å²) in [4.78, 5) is 11.5. The lowest BCUT2D eigenvalue weighted by Gasteiger charge is -2.04. The van der Waals surface area contributed by atoms with E-state index in [-0.39, 0.29) is 19.0 Å². The second-order valence-electron chi connectivity index (χ2n) is 4.65. The summed E-state index contributed by atoms with van der Waals surface area (Å²) in [5.41, 5.74) is 1.77. The average molecular weight is 297 g/mol. The van der Waals surface area contributed by atoms with Crippen molar-refractivity contribution < 1.29 is 13.9 Å². The number of hydrogen-bond donors (Lipinski definition) is 1. The van der Waals surface area contributed by atoms with Crippen molar-refractivity contribution in [2.45, 2.75) is 13.5 Å². The zero-order valence-electron chi connectivity index (χ0n) is 12.2. The summed E-state index contributed by atoms with van der Waals surface area (Å²) in [6.45, 7) is 1.98. The van der Waals surface area contributed by atoms with Crippen molar-refractivity contribution in [3.05, 3.63) is 71.0 Å². The van der Waals surface area contributed by atoms with Crippen molar-refractivity contribution in [2.24, 2.45) is 0 Å². The Bertz CT molecular complexity index is 702. The molecule has 0 unspecified atom stereocenters. The lowest BCUT2D eigenvalue weighted by molar-refractivity contribution is 0.141. The monoisotopic (exact) mass is 297 g/mol. The number of rotatable bonds is 3. The highest BCUT2D eigenvalue weighted by atomic mass is 19.1. The molecule has 0 spiro atoms. The van der Waals surface area contributed by atoms with E-state index in [0.717, 1.165) is 5.56 Å². The van der Waals surface area contributed by atoms with Gasteiger partial charge in [0, 0.05) is 0 Å². The van der Waals surface area contributed by atoms with Crippen LogP contribution < -0.4 is 5.32 Å². The van der Waals surface area contributed by atoms with Crippen LogP contribution in [0.3, 0.4) is 0 Å². The molecule has 3 nitrogen and oxygen atoms in total. The van der Waals surface area contributed by atoms with Crippen molar-refractivity contribution in [2.75, 3.05) is 6.54 Å². The van der Waals surface area contributed by atoms with Gasteiger partial charge < -0.3 is 10.1 Å². The predicted molar refractivity (Wildman–Crippen MR) is 82.6 cm³/mol. The van der Waals surface area contributed by atoms with E-state index >= 15 is 0 Å². The topological polar surface area (TPSA) is 38.3 Å². The van der Waals surface area contributed by atoms with Crippen molar-refractivity contribution in [3.8, 4) is 11.8 Å². The summed E-state index contributed by atoms with van der Waals surface area (Å²) < 4.78 is 18.7. The van der Waals surface area contributed by atoms with Gasteiger partial charge in [0.1, 0.15) is 12.4 Å². The van der Waals surface area contributed by atoms with Crippen molar-refractivity contribution >= 4 is 6.09 Å². The molecule has 0 aromatic heterocycles. The normalized spacial score (nSPS) is 9.55. The molecule has 1 amide bonds. The van der Waals surface area contributed by atoms with E-state index in [9.17, 15) is 9.18 Å². The number of alkyl carbamates (subject to hydrolysis) is 1. The molecular weight excluding hydrogens is 281 g/mol. The maximum absolute atomic E-state index is 13.7. The average Bonchev–Trinajstić information content (AvgIpc) is 2.54. The molecule has 0 fully saturated rings. The highest BCUT2D eigenvalue weighted by Gasteiger charge is 2.02. The molecule has 0 heterocycles. The Balaban J connectivity index is 1.78. The van der Waals surface area contributed by atoms with Gasteiger partial charge in [-0.1, -0.05) is 54.3 Å². The Labute approximate surface area is 129 Å². The fourth-order valence-corrected chi connectivity index (χ4v) is 1.77. The smallest absolute Gasteiger partial charge is 0.408 e. The quantitative estimate of drug-likeness (QED) is 0.882. The number of halogens is 1. The summed E-state index contributed by atoms with van der Waals surface area (Å²) in [6.07, 6.45) is -0.553. The van der Waals surface area contributed by atoms with E-state index in [1.165, 1.54) is 0 Å². The van der Waals surface area contributed by atoms with Crippen molar-refractivity contribution in [1.82, 2.24) is 5.32 Å². The zero-order chi connectivity index (χ0) is 15.8. The fraction of sp³-hybridized carbons (Fsp3) is 0.167. The van der Waals surface area contributed by atoms with Crippen LogP contribution in [0.2, 0.25) is 0 Å². The highest BCUT2D eigenvalue weighted by Crippen LogP contribution is 2.10. The van der Waals surface area contributed by atoms with E-state index in [4.69, 9.17) is 4.74 Å². The first-order valence-electron chi connectivity index (χ1n) is 6.85. The number of aryl methyl sites for hydroxylation is 1. The highest BCUT2D eigenvalue weighted by molar-refractivity contribution is 5.67. The summed E-state index contributed by atoms with van der Waals surface area (Å²) in [5, 5.41) is 2.50. The standard InChI is InChI=1S/C18H16FNO2/c1-14-7-5-10-16(17(14)19)11-6-12-20-18(21)22-13-15-8-3-2-4-9-15/h2-5,7-10H,12-13H2,1H3,(H,20,21). The summed E-state index contributed by atoms with van der Waals surface area (Å²) in [5.74, 6) is 5.05. The van der Waals surface area contributed by atoms with Crippen molar-refractivity contribution in [1.29, 1.82) is 0 Å². The van der Waals surface area contributed by atoms with Gasteiger partial charge in [0.05, 0.1) is 12.1 Å². The lowest BCUT2D eigenvalue weighted by atomic mass is 10.1. The van der Waals surface area contributed by atoms with Crippen LogP contribution in [0.25, 0.3) is 0 Å². The second-order valence-corrected chi connectivity index (χ2v) is 4.65. The first kappa shape index (κ1) is 15.6.